The van der Waals surface area contributed by atoms with E-state index in [4.69, 9.17) is 4.74 Å². The van der Waals surface area contributed by atoms with Crippen LogP contribution in [0.4, 0.5) is 10.1 Å². The lowest BCUT2D eigenvalue weighted by atomic mass is 10.2. The number of nitrogens with zero attached hydrogens (tertiary/aromatic N) is 2. The minimum atomic E-state index is -0.325. The Morgan fingerprint density at radius 2 is 2.08 bits per heavy atom. The molecule has 0 radical (unpaired) electrons. The fourth-order valence-corrected chi connectivity index (χ4v) is 2.61. The summed E-state index contributed by atoms with van der Waals surface area (Å²) in [5.41, 5.74) is 1.08. The van der Waals surface area contributed by atoms with Crippen LogP contribution < -0.4 is 15.0 Å². The molecule has 6 heteroatoms. The van der Waals surface area contributed by atoms with E-state index in [2.05, 4.69) is 10.3 Å². The van der Waals surface area contributed by atoms with Gasteiger partial charge in [0.2, 0.25) is 5.96 Å². The number of carbonyl (C=O) groups excluding carboxylic acids is 1. The molecule has 0 bridgehead atoms. The molecule has 3 rings (SSSR count). The Labute approximate surface area is 139 Å². The molecule has 0 aliphatic carbocycles. The molecule has 0 saturated carbocycles. The van der Waals surface area contributed by atoms with Gasteiger partial charge < -0.3 is 9.64 Å². The highest BCUT2D eigenvalue weighted by molar-refractivity contribution is 6.12. The van der Waals surface area contributed by atoms with Crippen LogP contribution in [0.5, 0.6) is 5.75 Å². The summed E-state index contributed by atoms with van der Waals surface area (Å²) in [6.07, 6.45) is 0.838. The van der Waals surface area contributed by atoms with E-state index >= 15 is 0 Å². The summed E-state index contributed by atoms with van der Waals surface area (Å²) in [4.78, 5) is 18.8. The molecule has 124 valence electrons. The quantitative estimate of drug-likeness (QED) is 0.943. The number of para-hydroxylation sites is 1. The van der Waals surface area contributed by atoms with Gasteiger partial charge >= 0.3 is 0 Å². The van der Waals surface area contributed by atoms with Gasteiger partial charge in [0.1, 0.15) is 11.6 Å². The molecular weight excluding hydrogens is 309 g/mol. The molecule has 24 heavy (non-hydrogen) atoms. The Bertz CT molecular complexity index is 776. The number of carbonyl (C=O) groups is 1. The fourth-order valence-electron chi connectivity index (χ4n) is 2.61. The van der Waals surface area contributed by atoms with Gasteiger partial charge in [0, 0.05) is 18.8 Å². The number of aliphatic imine (C=N–C) groups is 1. The lowest BCUT2D eigenvalue weighted by molar-refractivity contribution is 0.0973. The lowest BCUT2D eigenvalue weighted by Crippen LogP contribution is -2.47. The Morgan fingerprint density at radius 1 is 1.25 bits per heavy atom. The third-order valence-corrected chi connectivity index (χ3v) is 3.75. The van der Waals surface area contributed by atoms with Crippen molar-refractivity contribution in [2.75, 3.05) is 25.1 Å². The van der Waals surface area contributed by atoms with Gasteiger partial charge in [-0.15, -0.1) is 0 Å². The van der Waals surface area contributed by atoms with E-state index in [9.17, 15) is 9.18 Å². The Hall–Kier alpha value is -2.89. The van der Waals surface area contributed by atoms with Gasteiger partial charge in [-0.25, -0.2) is 4.39 Å². The maximum absolute atomic E-state index is 13.5. The predicted octanol–water partition coefficient (Wildman–Crippen LogP) is 2.83. The van der Waals surface area contributed by atoms with Crippen molar-refractivity contribution in [2.45, 2.75) is 6.42 Å². The van der Waals surface area contributed by atoms with Gasteiger partial charge in [-0.1, -0.05) is 18.2 Å². The first-order valence-corrected chi connectivity index (χ1v) is 7.71. The zero-order chi connectivity index (χ0) is 16.9. The molecule has 1 heterocycles. The summed E-state index contributed by atoms with van der Waals surface area (Å²) in [7, 11) is 1.52. The van der Waals surface area contributed by atoms with Crippen LogP contribution >= 0.6 is 0 Å². The molecule has 0 unspecified atom stereocenters. The van der Waals surface area contributed by atoms with E-state index in [0.717, 1.165) is 6.42 Å². The summed E-state index contributed by atoms with van der Waals surface area (Å²) in [5.74, 6) is 0.273. The van der Waals surface area contributed by atoms with E-state index in [1.165, 1.54) is 19.2 Å². The number of ether oxygens (including phenoxy) is 1. The molecule has 1 aliphatic rings. The third-order valence-electron chi connectivity index (χ3n) is 3.75. The average Bonchev–Trinajstić information content (AvgIpc) is 2.62. The molecule has 0 aromatic heterocycles. The molecule has 0 saturated heterocycles. The molecular formula is C18H18FN3O2. The van der Waals surface area contributed by atoms with Crippen molar-refractivity contribution in [1.29, 1.82) is 0 Å². The van der Waals surface area contributed by atoms with Gasteiger partial charge in [0.05, 0.1) is 12.7 Å². The van der Waals surface area contributed by atoms with Crippen LogP contribution in [0.25, 0.3) is 0 Å². The highest BCUT2D eigenvalue weighted by atomic mass is 19.1. The van der Waals surface area contributed by atoms with E-state index in [1.54, 1.807) is 41.3 Å². The minimum Gasteiger partial charge on any atom is -0.496 e. The Morgan fingerprint density at radius 3 is 2.88 bits per heavy atom. The first-order chi connectivity index (χ1) is 11.7. The molecule has 2 aromatic rings. The van der Waals surface area contributed by atoms with E-state index in [0.29, 0.717) is 36.0 Å². The van der Waals surface area contributed by atoms with E-state index < -0.39 is 0 Å². The van der Waals surface area contributed by atoms with Crippen molar-refractivity contribution in [3.63, 3.8) is 0 Å². The average molecular weight is 327 g/mol. The summed E-state index contributed by atoms with van der Waals surface area (Å²) >= 11 is 0. The van der Waals surface area contributed by atoms with E-state index in [1.807, 2.05) is 0 Å². The SMILES string of the molecule is COc1ccccc1C(=O)NC1=NCCCN1c1cccc(F)c1. The highest BCUT2D eigenvalue weighted by Crippen LogP contribution is 2.20. The van der Waals surface area contributed by atoms with Gasteiger partial charge in [-0.3, -0.25) is 15.1 Å². The molecule has 2 aromatic carbocycles. The standard InChI is InChI=1S/C18H18FN3O2/c1-24-16-9-3-2-8-15(16)17(23)21-18-20-10-5-11-22(18)14-7-4-6-13(19)12-14/h2-4,6-9,12H,5,10-11H2,1H3,(H,20,21,23). The van der Waals surface area contributed by atoms with Gasteiger partial charge in [-0.05, 0) is 36.8 Å². The number of rotatable bonds is 3. The van der Waals surface area contributed by atoms with Crippen LogP contribution in [-0.2, 0) is 0 Å². The third kappa shape index (κ3) is 3.37. The van der Waals surface area contributed by atoms with Gasteiger partial charge in [0.25, 0.3) is 5.91 Å². The van der Waals surface area contributed by atoms with Crippen LogP contribution in [0.3, 0.4) is 0 Å². The summed E-state index contributed by atoms with van der Waals surface area (Å²) in [5, 5.41) is 2.81. The topological polar surface area (TPSA) is 53.9 Å². The zero-order valence-corrected chi connectivity index (χ0v) is 13.3. The van der Waals surface area contributed by atoms with Crippen LogP contribution in [0.2, 0.25) is 0 Å². The number of hydrogen-bond acceptors (Lipinski definition) is 4. The molecule has 0 fully saturated rings. The number of benzene rings is 2. The van der Waals surface area contributed by atoms with Crippen LogP contribution in [0.1, 0.15) is 16.8 Å². The molecule has 1 N–H and O–H groups in total. The predicted molar refractivity (Wildman–Crippen MR) is 91.1 cm³/mol. The van der Waals surface area contributed by atoms with Crippen molar-refractivity contribution < 1.29 is 13.9 Å². The number of amides is 1. The second-order valence-corrected chi connectivity index (χ2v) is 5.34. The van der Waals surface area contributed by atoms with Crippen LogP contribution in [0, 0.1) is 5.82 Å². The minimum absolute atomic E-state index is 0.311. The first kappa shape index (κ1) is 16.0. The largest absolute Gasteiger partial charge is 0.496 e. The maximum atomic E-state index is 13.5. The number of halogens is 1. The van der Waals surface area contributed by atoms with Gasteiger partial charge in [-0.2, -0.15) is 0 Å². The molecule has 0 atom stereocenters. The number of nitrogens with one attached hydrogen (secondary N) is 1. The smallest absolute Gasteiger partial charge is 0.261 e. The number of anilines is 1. The van der Waals surface area contributed by atoms with Crippen molar-refractivity contribution >= 4 is 17.6 Å². The summed E-state index contributed by atoms with van der Waals surface area (Å²) in [6.45, 7) is 1.28. The second-order valence-electron chi connectivity index (χ2n) is 5.34. The first-order valence-electron chi connectivity index (χ1n) is 7.71. The Balaban J connectivity index is 1.84. The van der Waals surface area contributed by atoms with Crippen LogP contribution in [-0.4, -0.2) is 32.1 Å². The maximum Gasteiger partial charge on any atom is 0.261 e. The van der Waals surface area contributed by atoms with E-state index in [-0.39, 0.29) is 11.7 Å². The van der Waals surface area contributed by atoms with Crippen LogP contribution in [0.15, 0.2) is 53.5 Å². The monoisotopic (exact) mass is 327 g/mol. The lowest BCUT2D eigenvalue weighted by Gasteiger charge is -2.29. The number of hydrogen-bond donors (Lipinski definition) is 1. The van der Waals surface area contributed by atoms with Crippen molar-refractivity contribution in [2.24, 2.45) is 4.99 Å². The van der Waals surface area contributed by atoms with Gasteiger partial charge in [0.15, 0.2) is 0 Å². The number of methoxy groups -OCH3 is 1. The number of guanidine groups is 1. The van der Waals surface area contributed by atoms with Crippen molar-refractivity contribution in [1.82, 2.24) is 5.32 Å². The fraction of sp³-hybridized carbons (Fsp3) is 0.222. The van der Waals surface area contributed by atoms with Crippen molar-refractivity contribution in [3.05, 3.63) is 59.9 Å². The molecule has 0 spiro atoms. The zero-order valence-electron chi connectivity index (χ0n) is 13.3. The summed E-state index contributed by atoms with van der Waals surface area (Å²) in [6, 6.07) is 13.2. The normalized spacial score (nSPS) is 14.1. The Kier molecular flexibility index (Phi) is 4.74. The molecule has 1 amide bonds. The molecule has 1 aliphatic heterocycles. The second kappa shape index (κ2) is 7.12. The highest BCUT2D eigenvalue weighted by Gasteiger charge is 2.21. The summed E-state index contributed by atoms with van der Waals surface area (Å²) < 4.78 is 18.7. The van der Waals surface area contributed by atoms with Crippen molar-refractivity contribution in [3.8, 4) is 5.75 Å². The molecule has 5 nitrogen and oxygen atoms in total.